The van der Waals surface area contributed by atoms with Gasteiger partial charge < -0.3 is 15.4 Å². The van der Waals surface area contributed by atoms with E-state index < -0.39 is 5.82 Å². The molecule has 0 saturated carbocycles. The Morgan fingerprint density at radius 2 is 2.19 bits per heavy atom. The van der Waals surface area contributed by atoms with Crippen LogP contribution in [0.3, 0.4) is 0 Å². The standard InChI is InChI=1S/C11H15FN2O2/c1-14(2)11(15)5-6-16-8-3-4-10(13)9(12)7-8/h3-4,7H,5-6,13H2,1-2H3. The number of hydrogen-bond donors (Lipinski definition) is 1. The van der Waals surface area contributed by atoms with Gasteiger partial charge in [-0.1, -0.05) is 0 Å². The lowest BCUT2D eigenvalue weighted by Gasteiger charge is -2.11. The summed E-state index contributed by atoms with van der Waals surface area (Å²) in [6, 6.07) is 4.20. The van der Waals surface area contributed by atoms with Crippen molar-refractivity contribution in [1.82, 2.24) is 4.90 Å². The van der Waals surface area contributed by atoms with Gasteiger partial charge in [-0.3, -0.25) is 4.79 Å². The molecule has 1 aromatic rings. The van der Waals surface area contributed by atoms with Gasteiger partial charge in [-0.25, -0.2) is 4.39 Å². The van der Waals surface area contributed by atoms with Gasteiger partial charge in [0.1, 0.15) is 11.6 Å². The molecule has 1 rings (SSSR count). The smallest absolute Gasteiger partial charge is 0.225 e. The van der Waals surface area contributed by atoms with Crippen LogP contribution in [-0.2, 0) is 4.79 Å². The zero-order valence-corrected chi connectivity index (χ0v) is 9.37. The van der Waals surface area contributed by atoms with E-state index in [9.17, 15) is 9.18 Å². The number of halogens is 1. The summed E-state index contributed by atoms with van der Waals surface area (Å²) in [7, 11) is 3.34. The average Bonchev–Trinajstić information content (AvgIpc) is 2.23. The number of anilines is 1. The van der Waals surface area contributed by atoms with Gasteiger partial charge >= 0.3 is 0 Å². The Labute approximate surface area is 93.8 Å². The van der Waals surface area contributed by atoms with Crippen LogP contribution in [-0.4, -0.2) is 31.5 Å². The van der Waals surface area contributed by atoms with Crippen molar-refractivity contribution in [2.75, 3.05) is 26.4 Å². The third kappa shape index (κ3) is 3.42. The second kappa shape index (κ2) is 5.34. The van der Waals surface area contributed by atoms with Crippen molar-refractivity contribution < 1.29 is 13.9 Å². The maximum Gasteiger partial charge on any atom is 0.225 e. The average molecular weight is 226 g/mol. The molecule has 0 spiro atoms. The zero-order chi connectivity index (χ0) is 12.1. The lowest BCUT2D eigenvalue weighted by molar-refractivity contribution is -0.129. The van der Waals surface area contributed by atoms with Crippen LogP contribution in [0.15, 0.2) is 18.2 Å². The van der Waals surface area contributed by atoms with Gasteiger partial charge in [0.15, 0.2) is 0 Å². The lowest BCUT2D eigenvalue weighted by atomic mass is 10.3. The molecule has 88 valence electrons. The zero-order valence-electron chi connectivity index (χ0n) is 9.37. The van der Waals surface area contributed by atoms with E-state index in [0.717, 1.165) is 0 Å². The van der Waals surface area contributed by atoms with E-state index >= 15 is 0 Å². The summed E-state index contributed by atoms with van der Waals surface area (Å²) in [5.74, 6) is -0.175. The fourth-order valence-electron chi connectivity index (χ4n) is 1.08. The van der Waals surface area contributed by atoms with Crippen molar-refractivity contribution in [3.05, 3.63) is 24.0 Å². The number of carbonyl (C=O) groups excluding carboxylic acids is 1. The summed E-state index contributed by atoms with van der Waals surface area (Å²) in [5, 5.41) is 0. The molecule has 0 aliphatic carbocycles. The Morgan fingerprint density at radius 3 is 2.75 bits per heavy atom. The molecule has 16 heavy (non-hydrogen) atoms. The molecule has 5 heteroatoms. The van der Waals surface area contributed by atoms with Crippen molar-refractivity contribution in [3.8, 4) is 5.75 Å². The number of nitrogens with two attached hydrogens (primary N) is 1. The minimum absolute atomic E-state index is 0.0316. The van der Waals surface area contributed by atoms with E-state index in [0.29, 0.717) is 5.75 Å². The van der Waals surface area contributed by atoms with Gasteiger partial charge in [-0.2, -0.15) is 0 Å². The number of rotatable bonds is 4. The molecule has 0 bridgehead atoms. The van der Waals surface area contributed by atoms with Crippen molar-refractivity contribution >= 4 is 11.6 Å². The molecule has 0 radical (unpaired) electrons. The van der Waals surface area contributed by atoms with Crippen molar-refractivity contribution in [3.63, 3.8) is 0 Å². The molecule has 0 aliphatic heterocycles. The van der Waals surface area contributed by atoms with Gasteiger partial charge in [-0.15, -0.1) is 0 Å². The first-order valence-corrected chi connectivity index (χ1v) is 4.88. The van der Waals surface area contributed by atoms with Crippen LogP contribution in [0.2, 0.25) is 0 Å². The van der Waals surface area contributed by atoms with Crippen LogP contribution < -0.4 is 10.5 Å². The third-order valence-electron chi connectivity index (χ3n) is 2.06. The quantitative estimate of drug-likeness (QED) is 0.786. The number of nitrogens with zero attached hydrogens (tertiary/aromatic N) is 1. The Morgan fingerprint density at radius 1 is 1.50 bits per heavy atom. The molecule has 0 aromatic heterocycles. The molecule has 0 heterocycles. The molecular formula is C11H15FN2O2. The number of ether oxygens (including phenoxy) is 1. The fourth-order valence-corrected chi connectivity index (χ4v) is 1.08. The predicted octanol–water partition coefficient (Wildman–Crippen LogP) is 1.26. The third-order valence-corrected chi connectivity index (χ3v) is 2.06. The summed E-state index contributed by atoms with van der Waals surface area (Å²) in [6.45, 7) is 0.223. The Balaban J connectivity index is 2.43. The summed E-state index contributed by atoms with van der Waals surface area (Å²) in [4.78, 5) is 12.7. The molecule has 1 amide bonds. The predicted molar refractivity (Wildman–Crippen MR) is 59.6 cm³/mol. The van der Waals surface area contributed by atoms with Crippen molar-refractivity contribution in [2.24, 2.45) is 0 Å². The normalized spacial score (nSPS) is 9.94. The second-order valence-corrected chi connectivity index (χ2v) is 3.57. The lowest BCUT2D eigenvalue weighted by Crippen LogP contribution is -2.23. The van der Waals surface area contributed by atoms with Crippen LogP contribution in [0.5, 0.6) is 5.75 Å². The van der Waals surface area contributed by atoms with Crippen LogP contribution in [0.4, 0.5) is 10.1 Å². The highest BCUT2D eigenvalue weighted by Gasteiger charge is 2.05. The maximum absolute atomic E-state index is 13.0. The number of amides is 1. The van der Waals surface area contributed by atoms with Crippen molar-refractivity contribution in [2.45, 2.75) is 6.42 Å². The molecule has 1 aromatic carbocycles. The van der Waals surface area contributed by atoms with Gasteiger partial charge in [0, 0.05) is 20.2 Å². The first-order valence-electron chi connectivity index (χ1n) is 4.88. The molecule has 0 saturated heterocycles. The highest BCUT2D eigenvalue weighted by Crippen LogP contribution is 2.17. The van der Waals surface area contributed by atoms with Gasteiger partial charge in [0.2, 0.25) is 5.91 Å². The van der Waals surface area contributed by atoms with Gasteiger partial charge in [-0.05, 0) is 12.1 Å². The van der Waals surface area contributed by atoms with Gasteiger partial charge in [0.25, 0.3) is 0 Å². The molecular weight excluding hydrogens is 211 g/mol. The first-order chi connectivity index (χ1) is 7.50. The highest BCUT2D eigenvalue weighted by molar-refractivity contribution is 5.75. The minimum atomic E-state index is -0.517. The number of hydrogen-bond acceptors (Lipinski definition) is 3. The topological polar surface area (TPSA) is 55.6 Å². The molecule has 0 atom stereocenters. The highest BCUT2D eigenvalue weighted by atomic mass is 19.1. The Hall–Kier alpha value is -1.78. The Kier molecular flexibility index (Phi) is 4.10. The number of carbonyl (C=O) groups is 1. The second-order valence-electron chi connectivity index (χ2n) is 3.57. The van der Waals surface area contributed by atoms with E-state index in [2.05, 4.69) is 0 Å². The van der Waals surface area contributed by atoms with E-state index in [-0.39, 0.29) is 24.6 Å². The van der Waals surface area contributed by atoms with Crippen LogP contribution in [0.25, 0.3) is 0 Å². The van der Waals surface area contributed by atoms with Crippen LogP contribution >= 0.6 is 0 Å². The van der Waals surface area contributed by atoms with Crippen LogP contribution in [0, 0.1) is 5.82 Å². The monoisotopic (exact) mass is 226 g/mol. The first kappa shape index (κ1) is 12.3. The molecule has 0 fully saturated rings. The van der Waals surface area contributed by atoms with E-state index in [1.165, 1.54) is 17.0 Å². The summed E-state index contributed by atoms with van der Waals surface area (Å²) in [6.07, 6.45) is 0.263. The number of nitrogen functional groups attached to an aromatic ring is 1. The Bertz CT molecular complexity index is 380. The molecule has 0 aliphatic rings. The minimum Gasteiger partial charge on any atom is -0.493 e. The largest absolute Gasteiger partial charge is 0.493 e. The number of benzene rings is 1. The van der Waals surface area contributed by atoms with E-state index in [4.69, 9.17) is 10.5 Å². The summed E-state index contributed by atoms with van der Waals surface area (Å²) < 4.78 is 18.2. The van der Waals surface area contributed by atoms with E-state index in [1.54, 1.807) is 20.2 Å². The molecule has 4 nitrogen and oxygen atoms in total. The maximum atomic E-state index is 13.0. The fraction of sp³-hybridized carbons (Fsp3) is 0.364. The van der Waals surface area contributed by atoms with E-state index in [1.807, 2.05) is 0 Å². The summed E-state index contributed by atoms with van der Waals surface area (Å²) in [5.41, 5.74) is 5.39. The van der Waals surface area contributed by atoms with Crippen molar-refractivity contribution in [1.29, 1.82) is 0 Å². The van der Waals surface area contributed by atoms with Crippen LogP contribution in [0.1, 0.15) is 6.42 Å². The summed E-state index contributed by atoms with van der Waals surface area (Å²) >= 11 is 0. The SMILES string of the molecule is CN(C)C(=O)CCOc1ccc(N)c(F)c1. The molecule has 2 N–H and O–H groups in total. The van der Waals surface area contributed by atoms with Gasteiger partial charge in [0.05, 0.1) is 18.7 Å². The molecule has 0 unspecified atom stereocenters.